The first kappa shape index (κ1) is 14.2. The predicted octanol–water partition coefficient (Wildman–Crippen LogP) is 1.96. The van der Waals surface area contributed by atoms with Gasteiger partial charge in [-0.2, -0.15) is 0 Å². The lowest BCUT2D eigenvalue weighted by Crippen LogP contribution is -2.27. The second-order valence-corrected chi connectivity index (χ2v) is 5.41. The third-order valence-electron chi connectivity index (χ3n) is 4.13. The number of pyridine rings is 1. The van der Waals surface area contributed by atoms with E-state index in [1.807, 2.05) is 18.5 Å². The van der Waals surface area contributed by atoms with Crippen molar-refractivity contribution in [1.82, 2.24) is 19.4 Å². The van der Waals surface area contributed by atoms with E-state index in [4.69, 9.17) is 4.98 Å². The molecular formula is C16H22N4O. The third kappa shape index (κ3) is 2.84. The molecule has 0 radical (unpaired) electrons. The molecule has 112 valence electrons. The van der Waals surface area contributed by atoms with Gasteiger partial charge in [0.05, 0.1) is 18.3 Å². The van der Waals surface area contributed by atoms with Crippen LogP contribution in [0.4, 0.5) is 0 Å². The molecule has 3 heterocycles. The minimum atomic E-state index is 0.206. The summed E-state index contributed by atoms with van der Waals surface area (Å²) >= 11 is 0. The predicted molar refractivity (Wildman–Crippen MR) is 81.4 cm³/mol. The van der Waals surface area contributed by atoms with Gasteiger partial charge in [0.25, 0.3) is 0 Å². The van der Waals surface area contributed by atoms with Crippen LogP contribution in [0.5, 0.6) is 0 Å². The largest absolute Gasteiger partial charge is 0.395 e. The van der Waals surface area contributed by atoms with E-state index in [-0.39, 0.29) is 6.61 Å². The van der Waals surface area contributed by atoms with Crippen molar-refractivity contribution in [3.05, 3.63) is 42.1 Å². The van der Waals surface area contributed by atoms with Gasteiger partial charge in [-0.05, 0) is 31.5 Å². The molecule has 1 fully saturated rings. The van der Waals surface area contributed by atoms with Crippen LogP contribution in [0.15, 0.2) is 30.6 Å². The number of aliphatic hydroxyl groups excluding tert-OH is 1. The first-order valence-electron chi connectivity index (χ1n) is 7.68. The summed E-state index contributed by atoms with van der Waals surface area (Å²) in [6, 6.07) is 6.50. The average molecular weight is 286 g/mol. The second kappa shape index (κ2) is 6.37. The zero-order valence-corrected chi connectivity index (χ0v) is 12.4. The van der Waals surface area contributed by atoms with Gasteiger partial charge in [0.15, 0.2) is 0 Å². The number of rotatable bonds is 5. The van der Waals surface area contributed by atoms with Gasteiger partial charge in [-0.25, -0.2) is 9.97 Å². The minimum absolute atomic E-state index is 0.206. The Labute approximate surface area is 125 Å². The Morgan fingerprint density at radius 2 is 2.29 bits per heavy atom. The molecule has 1 aliphatic heterocycles. The van der Waals surface area contributed by atoms with Crippen LogP contribution in [-0.2, 0) is 6.42 Å². The summed E-state index contributed by atoms with van der Waals surface area (Å²) in [5.74, 6) is 1.95. The summed E-state index contributed by atoms with van der Waals surface area (Å²) in [5, 5.41) is 9.19. The Morgan fingerprint density at radius 3 is 3.10 bits per heavy atom. The fraction of sp³-hybridized carbons (Fsp3) is 0.500. The van der Waals surface area contributed by atoms with Crippen LogP contribution >= 0.6 is 0 Å². The summed E-state index contributed by atoms with van der Waals surface area (Å²) in [5.41, 5.74) is 1.09. The molecule has 0 spiro atoms. The van der Waals surface area contributed by atoms with Crippen molar-refractivity contribution >= 4 is 0 Å². The lowest BCUT2D eigenvalue weighted by Gasteiger charge is -2.23. The third-order valence-corrected chi connectivity index (χ3v) is 4.13. The number of hydrogen-bond donors (Lipinski definition) is 1. The van der Waals surface area contributed by atoms with Crippen LogP contribution in [0.1, 0.15) is 37.3 Å². The second-order valence-electron chi connectivity index (χ2n) is 5.41. The molecule has 1 N–H and O–H groups in total. The van der Waals surface area contributed by atoms with Crippen LogP contribution in [0.3, 0.4) is 0 Å². The summed E-state index contributed by atoms with van der Waals surface area (Å²) in [7, 11) is 0. The monoisotopic (exact) mass is 286 g/mol. The van der Waals surface area contributed by atoms with E-state index in [0.29, 0.717) is 6.04 Å². The molecule has 1 aliphatic rings. The van der Waals surface area contributed by atoms with E-state index in [0.717, 1.165) is 43.3 Å². The summed E-state index contributed by atoms with van der Waals surface area (Å²) in [6.07, 6.45) is 6.95. The van der Waals surface area contributed by atoms with Crippen LogP contribution < -0.4 is 0 Å². The van der Waals surface area contributed by atoms with Gasteiger partial charge in [0.1, 0.15) is 11.6 Å². The smallest absolute Gasteiger partial charge is 0.138 e. The van der Waals surface area contributed by atoms with Crippen molar-refractivity contribution in [3.63, 3.8) is 0 Å². The van der Waals surface area contributed by atoms with Gasteiger partial charge in [0.2, 0.25) is 0 Å². The number of imidazole rings is 1. The van der Waals surface area contributed by atoms with Crippen molar-refractivity contribution in [3.8, 4) is 5.82 Å². The van der Waals surface area contributed by atoms with Gasteiger partial charge in [-0.15, -0.1) is 0 Å². The van der Waals surface area contributed by atoms with Crippen molar-refractivity contribution in [2.75, 3.05) is 19.7 Å². The Balaban J connectivity index is 1.90. The summed E-state index contributed by atoms with van der Waals surface area (Å²) in [4.78, 5) is 11.5. The maximum atomic E-state index is 9.19. The SMILES string of the molecule is CCc1nccn1-c1cccc([C@H]2CCCN2CCO)n1. The average Bonchev–Trinajstić information content (AvgIpc) is 3.16. The molecular weight excluding hydrogens is 264 g/mol. The molecule has 0 saturated carbocycles. The fourth-order valence-electron chi connectivity index (χ4n) is 3.12. The van der Waals surface area contributed by atoms with Crippen molar-refractivity contribution in [2.45, 2.75) is 32.2 Å². The zero-order valence-electron chi connectivity index (χ0n) is 12.4. The number of aliphatic hydroxyl groups is 1. The molecule has 5 nitrogen and oxygen atoms in total. The highest BCUT2D eigenvalue weighted by Gasteiger charge is 2.26. The minimum Gasteiger partial charge on any atom is -0.395 e. The molecule has 0 amide bonds. The van der Waals surface area contributed by atoms with Gasteiger partial charge < -0.3 is 5.11 Å². The molecule has 0 bridgehead atoms. The maximum absolute atomic E-state index is 9.19. The molecule has 2 aromatic rings. The molecule has 5 heteroatoms. The summed E-state index contributed by atoms with van der Waals surface area (Å²) < 4.78 is 2.05. The highest BCUT2D eigenvalue weighted by molar-refractivity contribution is 5.28. The first-order valence-corrected chi connectivity index (χ1v) is 7.68. The Kier molecular flexibility index (Phi) is 4.31. The van der Waals surface area contributed by atoms with Crippen molar-refractivity contribution in [1.29, 1.82) is 0 Å². The highest BCUT2D eigenvalue weighted by Crippen LogP contribution is 2.30. The standard InChI is InChI=1S/C16H22N4O/c1-2-15-17-8-10-20(15)16-7-3-5-13(18-16)14-6-4-9-19(14)11-12-21/h3,5,7-8,10,14,21H,2,4,6,9,11-12H2,1H3/t14-/m1/s1. The van der Waals surface area contributed by atoms with Crippen LogP contribution in [0, 0.1) is 0 Å². The number of aromatic nitrogens is 3. The van der Waals surface area contributed by atoms with E-state index in [1.54, 1.807) is 0 Å². The van der Waals surface area contributed by atoms with E-state index in [2.05, 4.69) is 33.5 Å². The molecule has 2 aromatic heterocycles. The maximum Gasteiger partial charge on any atom is 0.138 e. The Bertz CT molecular complexity index is 595. The number of hydrogen-bond acceptors (Lipinski definition) is 4. The molecule has 21 heavy (non-hydrogen) atoms. The van der Waals surface area contributed by atoms with E-state index in [1.165, 1.54) is 6.42 Å². The van der Waals surface area contributed by atoms with E-state index < -0.39 is 0 Å². The number of aryl methyl sites for hydroxylation is 1. The normalized spacial score (nSPS) is 19.2. The van der Waals surface area contributed by atoms with E-state index in [9.17, 15) is 5.11 Å². The van der Waals surface area contributed by atoms with Crippen LogP contribution in [0.25, 0.3) is 5.82 Å². The van der Waals surface area contributed by atoms with E-state index >= 15 is 0 Å². The first-order chi connectivity index (χ1) is 10.3. The molecule has 0 unspecified atom stereocenters. The molecule has 3 rings (SSSR count). The fourth-order valence-corrected chi connectivity index (χ4v) is 3.12. The van der Waals surface area contributed by atoms with Crippen molar-refractivity contribution < 1.29 is 5.11 Å². The lowest BCUT2D eigenvalue weighted by molar-refractivity contribution is 0.183. The molecule has 0 aromatic carbocycles. The van der Waals surface area contributed by atoms with Crippen LogP contribution in [-0.4, -0.2) is 44.2 Å². The quantitative estimate of drug-likeness (QED) is 0.913. The summed E-state index contributed by atoms with van der Waals surface area (Å²) in [6.45, 7) is 4.07. The van der Waals surface area contributed by atoms with Gasteiger partial charge in [0, 0.05) is 25.4 Å². The topological polar surface area (TPSA) is 54.2 Å². The zero-order chi connectivity index (χ0) is 14.7. The van der Waals surface area contributed by atoms with Crippen LogP contribution in [0.2, 0.25) is 0 Å². The number of likely N-dealkylation sites (tertiary alicyclic amines) is 1. The van der Waals surface area contributed by atoms with Crippen molar-refractivity contribution in [2.24, 2.45) is 0 Å². The van der Waals surface area contributed by atoms with Gasteiger partial charge in [-0.1, -0.05) is 13.0 Å². The highest BCUT2D eigenvalue weighted by atomic mass is 16.3. The van der Waals surface area contributed by atoms with Gasteiger partial charge >= 0.3 is 0 Å². The Morgan fingerprint density at radius 1 is 1.38 bits per heavy atom. The lowest BCUT2D eigenvalue weighted by atomic mass is 10.1. The molecule has 1 saturated heterocycles. The van der Waals surface area contributed by atoms with Gasteiger partial charge in [-0.3, -0.25) is 9.47 Å². The Hall–Kier alpha value is -1.72. The molecule has 0 aliphatic carbocycles. The number of nitrogens with zero attached hydrogens (tertiary/aromatic N) is 4. The molecule has 1 atom stereocenters. The number of β-amino-alcohol motifs (C(OH)–C–C–N with tert-alkyl or cyclic N) is 1.